The molecule has 1 unspecified atom stereocenters. The third-order valence-corrected chi connectivity index (χ3v) is 4.59. The van der Waals surface area contributed by atoms with Gasteiger partial charge in [-0.05, 0) is 49.4 Å². The van der Waals surface area contributed by atoms with Crippen molar-refractivity contribution in [2.24, 2.45) is 13.0 Å². The number of rotatable bonds is 3. The average Bonchev–Trinajstić information content (AvgIpc) is 2.91. The van der Waals surface area contributed by atoms with Gasteiger partial charge in [0.15, 0.2) is 0 Å². The molecule has 2 aromatic rings. The summed E-state index contributed by atoms with van der Waals surface area (Å²) in [6, 6.07) is 7.45. The van der Waals surface area contributed by atoms with Crippen LogP contribution in [-0.2, 0) is 13.5 Å². The first-order valence-corrected chi connectivity index (χ1v) is 7.97. The van der Waals surface area contributed by atoms with E-state index in [2.05, 4.69) is 55.2 Å². The summed E-state index contributed by atoms with van der Waals surface area (Å²) in [6.07, 6.45) is 6.48. The van der Waals surface area contributed by atoms with Gasteiger partial charge in [0.1, 0.15) is 0 Å². The first-order chi connectivity index (χ1) is 10.1. The lowest BCUT2D eigenvalue weighted by Gasteiger charge is -2.39. The zero-order valence-electron chi connectivity index (χ0n) is 13.5. The minimum absolute atomic E-state index is 0.558. The Morgan fingerprint density at radius 3 is 2.71 bits per heavy atom. The van der Waals surface area contributed by atoms with Crippen molar-refractivity contribution in [1.82, 2.24) is 9.78 Å². The molecule has 3 rings (SSSR count). The number of aromatic nitrogens is 2. The molecule has 0 N–H and O–H groups in total. The summed E-state index contributed by atoms with van der Waals surface area (Å²) in [5.74, 6) is 0.768. The number of anilines is 1. The van der Waals surface area contributed by atoms with E-state index in [4.69, 9.17) is 0 Å². The van der Waals surface area contributed by atoms with E-state index in [1.807, 2.05) is 17.9 Å². The highest BCUT2D eigenvalue weighted by Crippen LogP contribution is 2.35. The number of fused-ring (bicyclic) bond motifs is 1. The van der Waals surface area contributed by atoms with Crippen LogP contribution in [0.15, 0.2) is 30.6 Å². The number of hydrogen-bond donors (Lipinski definition) is 0. The van der Waals surface area contributed by atoms with Gasteiger partial charge in [0, 0.05) is 37.1 Å². The Hall–Kier alpha value is -1.77. The second-order valence-electron chi connectivity index (χ2n) is 6.47. The van der Waals surface area contributed by atoms with Gasteiger partial charge in [-0.2, -0.15) is 5.10 Å². The van der Waals surface area contributed by atoms with Crippen LogP contribution in [0.1, 0.15) is 32.8 Å². The molecule has 0 spiro atoms. The van der Waals surface area contributed by atoms with E-state index in [1.165, 1.54) is 41.8 Å². The molecule has 0 bridgehead atoms. The molecule has 1 aliphatic rings. The average molecular weight is 283 g/mol. The van der Waals surface area contributed by atoms with Crippen LogP contribution in [0.4, 0.5) is 5.69 Å². The minimum Gasteiger partial charge on any atom is -0.369 e. The maximum absolute atomic E-state index is 4.29. The third kappa shape index (κ3) is 2.69. The van der Waals surface area contributed by atoms with Crippen LogP contribution < -0.4 is 4.90 Å². The molecule has 3 nitrogen and oxygen atoms in total. The Kier molecular flexibility index (Phi) is 3.75. The zero-order valence-corrected chi connectivity index (χ0v) is 13.5. The molecule has 2 heterocycles. The first kappa shape index (κ1) is 14.2. The van der Waals surface area contributed by atoms with Gasteiger partial charge in [0.05, 0.1) is 6.20 Å². The van der Waals surface area contributed by atoms with Crippen LogP contribution in [-0.4, -0.2) is 22.4 Å². The molecule has 0 amide bonds. The lowest BCUT2D eigenvalue weighted by Crippen LogP contribution is -2.39. The predicted octanol–water partition coefficient (Wildman–Crippen LogP) is 3.88. The molecular formula is C18H25N3. The van der Waals surface area contributed by atoms with E-state index in [1.54, 1.807) is 0 Å². The molecule has 1 aliphatic heterocycles. The molecule has 0 radical (unpaired) electrons. The van der Waals surface area contributed by atoms with Gasteiger partial charge in [-0.25, -0.2) is 0 Å². The smallest absolute Gasteiger partial charge is 0.0568 e. The van der Waals surface area contributed by atoms with Gasteiger partial charge in [-0.3, -0.25) is 4.68 Å². The van der Waals surface area contributed by atoms with Crippen LogP contribution >= 0.6 is 0 Å². The van der Waals surface area contributed by atoms with Crippen LogP contribution in [0.3, 0.4) is 0 Å². The maximum Gasteiger partial charge on any atom is 0.0568 e. The SMILES string of the molecule is CCC1Cc2cc(-c3cnn(C)c3)ccc2N(C(C)C)C1. The van der Waals surface area contributed by atoms with Gasteiger partial charge in [-0.15, -0.1) is 0 Å². The number of aryl methyl sites for hydroxylation is 1. The zero-order chi connectivity index (χ0) is 15.0. The normalized spacial score (nSPS) is 18.1. The Bertz CT molecular complexity index is 627. The third-order valence-electron chi connectivity index (χ3n) is 4.59. The van der Waals surface area contributed by atoms with Crippen LogP contribution in [0, 0.1) is 5.92 Å². The number of nitrogens with zero attached hydrogens (tertiary/aromatic N) is 3. The van der Waals surface area contributed by atoms with Crippen molar-refractivity contribution in [2.45, 2.75) is 39.7 Å². The predicted molar refractivity (Wildman–Crippen MR) is 88.6 cm³/mol. The van der Waals surface area contributed by atoms with Crippen LogP contribution in [0.25, 0.3) is 11.1 Å². The van der Waals surface area contributed by atoms with E-state index < -0.39 is 0 Å². The van der Waals surface area contributed by atoms with E-state index in [0.29, 0.717) is 6.04 Å². The van der Waals surface area contributed by atoms with Gasteiger partial charge >= 0.3 is 0 Å². The standard InChI is InChI=1S/C18H25N3/c1-5-14-8-16-9-15(17-10-19-20(4)12-17)6-7-18(16)21(11-14)13(2)3/h6-7,9-10,12-14H,5,8,11H2,1-4H3. The quantitative estimate of drug-likeness (QED) is 0.852. The molecule has 0 aliphatic carbocycles. The van der Waals surface area contributed by atoms with Crippen molar-refractivity contribution in [3.05, 3.63) is 36.2 Å². The second-order valence-corrected chi connectivity index (χ2v) is 6.47. The fourth-order valence-electron chi connectivity index (χ4n) is 3.29. The van der Waals surface area contributed by atoms with Crippen molar-refractivity contribution in [1.29, 1.82) is 0 Å². The summed E-state index contributed by atoms with van der Waals surface area (Å²) >= 11 is 0. The summed E-state index contributed by atoms with van der Waals surface area (Å²) in [7, 11) is 1.97. The van der Waals surface area contributed by atoms with E-state index in [9.17, 15) is 0 Å². The van der Waals surface area contributed by atoms with Crippen molar-refractivity contribution in [3.63, 3.8) is 0 Å². The van der Waals surface area contributed by atoms with Gasteiger partial charge in [0.2, 0.25) is 0 Å². The summed E-state index contributed by atoms with van der Waals surface area (Å²) < 4.78 is 1.87. The summed E-state index contributed by atoms with van der Waals surface area (Å²) in [5, 5.41) is 4.29. The minimum atomic E-state index is 0.558. The molecule has 112 valence electrons. The molecule has 1 aromatic heterocycles. The van der Waals surface area contributed by atoms with Crippen molar-refractivity contribution in [2.75, 3.05) is 11.4 Å². The molecule has 0 saturated carbocycles. The fraction of sp³-hybridized carbons (Fsp3) is 0.500. The lowest BCUT2D eigenvalue weighted by molar-refractivity contribution is 0.458. The molecule has 21 heavy (non-hydrogen) atoms. The Morgan fingerprint density at radius 1 is 1.29 bits per heavy atom. The Morgan fingerprint density at radius 2 is 2.10 bits per heavy atom. The molecule has 1 aromatic carbocycles. The van der Waals surface area contributed by atoms with Gasteiger partial charge in [0.25, 0.3) is 0 Å². The van der Waals surface area contributed by atoms with Crippen molar-refractivity contribution >= 4 is 5.69 Å². The van der Waals surface area contributed by atoms with E-state index in [0.717, 1.165) is 5.92 Å². The first-order valence-electron chi connectivity index (χ1n) is 7.97. The van der Waals surface area contributed by atoms with E-state index >= 15 is 0 Å². The van der Waals surface area contributed by atoms with Crippen molar-refractivity contribution < 1.29 is 0 Å². The molecule has 3 heteroatoms. The maximum atomic E-state index is 4.29. The Balaban J connectivity index is 2.00. The fourth-order valence-corrected chi connectivity index (χ4v) is 3.29. The topological polar surface area (TPSA) is 21.1 Å². The highest BCUT2D eigenvalue weighted by molar-refractivity contribution is 5.69. The van der Waals surface area contributed by atoms with Crippen LogP contribution in [0.2, 0.25) is 0 Å². The summed E-state index contributed by atoms with van der Waals surface area (Å²) in [6.45, 7) is 8.07. The molecule has 1 atom stereocenters. The molecule has 0 saturated heterocycles. The number of benzene rings is 1. The largest absolute Gasteiger partial charge is 0.369 e. The lowest BCUT2D eigenvalue weighted by atomic mass is 9.88. The van der Waals surface area contributed by atoms with Gasteiger partial charge < -0.3 is 4.90 Å². The Labute approximate surface area is 127 Å². The van der Waals surface area contributed by atoms with E-state index in [-0.39, 0.29) is 0 Å². The van der Waals surface area contributed by atoms with Gasteiger partial charge in [-0.1, -0.05) is 19.4 Å². The van der Waals surface area contributed by atoms with Crippen molar-refractivity contribution in [3.8, 4) is 11.1 Å². The molecular weight excluding hydrogens is 258 g/mol. The van der Waals surface area contributed by atoms with Crippen LogP contribution in [0.5, 0.6) is 0 Å². The second kappa shape index (κ2) is 5.55. The molecule has 0 fully saturated rings. The highest BCUT2D eigenvalue weighted by Gasteiger charge is 2.25. The monoisotopic (exact) mass is 283 g/mol. The summed E-state index contributed by atoms with van der Waals surface area (Å²) in [5.41, 5.74) is 5.39. The summed E-state index contributed by atoms with van der Waals surface area (Å²) in [4.78, 5) is 2.56. The number of hydrogen-bond acceptors (Lipinski definition) is 2. The highest BCUT2D eigenvalue weighted by atomic mass is 15.2.